The second-order valence-electron chi connectivity index (χ2n) is 4.80. The van der Waals surface area contributed by atoms with E-state index in [0.29, 0.717) is 6.61 Å². The third-order valence-corrected chi connectivity index (χ3v) is 3.59. The van der Waals surface area contributed by atoms with Crippen molar-refractivity contribution < 1.29 is 4.74 Å². The summed E-state index contributed by atoms with van der Waals surface area (Å²) in [6.45, 7) is 2.71. The van der Waals surface area contributed by atoms with Crippen LogP contribution in [0.4, 0.5) is 5.82 Å². The maximum Gasteiger partial charge on any atom is 0.137 e. The molecule has 5 nitrogen and oxygen atoms in total. The van der Waals surface area contributed by atoms with Crippen LogP contribution < -0.4 is 11.1 Å². The van der Waals surface area contributed by atoms with E-state index in [2.05, 4.69) is 15.3 Å². The van der Waals surface area contributed by atoms with Crippen LogP contribution in [0.1, 0.15) is 13.3 Å². The molecule has 19 heavy (non-hydrogen) atoms. The van der Waals surface area contributed by atoms with Crippen LogP contribution in [-0.2, 0) is 4.74 Å². The number of fused-ring (bicyclic) bond motifs is 1. The Labute approximate surface area is 112 Å². The molecule has 3 unspecified atom stereocenters. The van der Waals surface area contributed by atoms with E-state index in [-0.39, 0.29) is 18.2 Å². The zero-order chi connectivity index (χ0) is 13.2. The van der Waals surface area contributed by atoms with Crippen molar-refractivity contribution in [1.82, 2.24) is 9.97 Å². The third-order valence-electron chi connectivity index (χ3n) is 3.59. The van der Waals surface area contributed by atoms with Crippen LogP contribution in [0.25, 0.3) is 10.9 Å². The zero-order valence-corrected chi connectivity index (χ0v) is 10.9. The van der Waals surface area contributed by atoms with Gasteiger partial charge in [-0.15, -0.1) is 0 Å². The summed E-state index contributed by atoms with van der Waals surface area (Å²) in [5.41, 5.74) is 6.98. The number of nitrogens with two attached hydrogens (primary N) is 1. The summed E-state index contributed by atoms with van der Waals surface area (Å²) >= 11 is 0. The SMILES string of the molecule is CCOC1CC(N)C1Nc1ncnc2ccccc12. The van der Waals surface area contributed by atoms with Gasteiger partial charge in [-0.1, -0.05) is 12.1 Å². The Balaban J connectivity index is 1.85. The van der Waals surface area contributed by atoms with Gasteiger partial charge >= 0.3 is 0 Å². The molecule has 1 saturated carbocycles. The predicted molar refractivity (Wildman–Crippen MR) is 75.0 cm³/mol. The molecule has 0 bridgehead atoms. The topological polar surface area (TPSA) is 73.1 Å². The molecule has 3 N–H and O–H groups in total. The number of nitrogens with one attached hydrogen (secondary N) is 1. The second-order valence-corrected chi connectivity index (χ2v) is 4.80. The van der Waals surface area contributed by atoms with Crippen LogP contribution in [-0.4, -0.2) is 34.8 Å². The average molecular weight is 258 g/mol. The van der Waals surface area contributed by atoms with Gasteiger partial charge in [-0.25, -0.2) is 9.97 Å². The quantitative estimate of drug-likeness (QED) is 0.870. The predicted octanol–water partition coefficient (Wildman–Crippen LogP) is 1.55. The lowest BCUT2D eigenvalue weighted by molar-refractivity contribution is -0.0126. The van der Waals surface area contributed by atoms with Crippen LogP contribution in [0.5, 0.6) is 0 Å². The second kappa shape index (κ2) is 5.11. The number of ether oxygens (including phenoxy) is 1. The number of benzene rings is 1. The molecular formula is C14H18N4O. The minimum Gasteiger partial charge on any atom is -0.376 e. The van der Waals surface area contributed by atoms with Gasteiger partial charge in [-0.3, -0.25) is 0 Å². The van der Waals surface area contributed by atoms with Gasteiger partial charge in [0.25, 0.3) is 0 Å². The Bertz CT molecular complexity index is 567. The summed E-state index contributed by atoms with van der Waals surface area (Å²) < 4.78 is 5.66. The molecule has 1 aliphatic carbocycles. The highest BCUT2D eigenvalue weighted by Crippen LogP contribution is 2.28. The van der Waals surface area contributed by atoms with Crippen molar-refractivity contribution in [3.8, 4) is 0 Å². The van der Waals surface area contributed by atoms with Crippen LogP contribution in [0, 0.1) is 0 Å². The maximum absolute atomic E-state index is 6.05. The lowest BCUT2D eigenvalue weighted by Gasteiger charge is -2.42. The molecule has 1 aromatic heterocycles. The van der Waals surface area contributed by atoms with Crippen LogP contribution in [0.3, 0.4) is 0 Å². The molecule has 0 aliphatic heterocycles. The van der Waals surface area contributed by atoms with E-state index >= 15 is 0 Å². The van der Waals surface area contributed by atoms with Gasteiger partial charge in [0, 0.05) is 18.0 Å². The molecule has 0 saturated heterocycles. The zero-order valence-electron chi connectivity index (χ0n) is 10.9. The number of rotatable bonds is 4. The monoisotopic (exact) mass is 258 g/mol. The lowest BCUT2D eigenvalue weighted by Crippen LogP contribution is -2.60. The largest absolute Gasteiger partial charge is 0.376 e. The van der Waals surface area contributed by atoms with Gasteiger partial charge in [0.15, 0.2) is 0 Å². The van der Waals surface area contributed by atoms with Gasteiger partial charge in [-0.2, -0.15) is 0 Å². The molecule has 0 spiro atoms. The fourth-order valence-electron chi connectivity index (χ4n) is 2.50. The Morgan fingerprint density at radius 3 is 3.00 bits per heavy atom. The van der Waals surface area contributed by atoms with E-state index in [1.807, 2.05) is 31.2 Å². The highest BCUT2D eigenvalue weighted by Gasteiger charge is 2.39. The Hall–Kier alpha value is -1.72. The van der Waals surface area contributed by atoms with Crippen molar-refractivity contribution >= 4 is 16.7 Å². The summed E-state index contributed by atoms with van der Waals surface area (Å²) in [7, 11) is 0. The smallest absolute Gasteiger partial charge is 0.137 e. The standard InChI is InChI=1S/C14H18N4O/c1-2-19-12-7-10(15)13(12)18-14-9-5-3-4-6-11(9)16-8-17-14/h3-6,8,10,12-13H,2,7,15H2,1H3,(H,16,17,18). The molecule has 1 fully saturated rings. The fourth-order valence-corrected chi connectivity index (χ4v) is 2.50. The first-order chi connectivity index (χ1) is 9.29. The molecule has 1 aromatic carbocycles. The number of anilines is 1. The number of para-hydroxylation sites is 1. The van der Waals surface area contributed by atoms with Gasteiger partial charge < -0.3 is 15.8 Å². The van der Waals surface area contributed by atoms with Crippen LogP contribution >= 0.6 is 0 Å². The van der Waals surface area contributed by atoms with Gasteiger partial charge in [0.2, 0.25) is 0 Å². The lowest BCUT2D eigenvalue weighted by atomic mass is 9.83. The van der Waals surface area contributed by atoms with Crippen molar-refractivity contribution in [3.63, 3.8) is 0 Å². The Morgan fingerprint density at radius 2 is 2.21 bits per heavy atom. The van der Waals surface area contributed by atoms with E-state index in [4.69, 9.17) is 10.5 Å². The van der Waals surface area contributed by atoms with Crippen molar-refractivity contribution in [2.45, 2.75) is 31.5 Å². The molecule has 1 heterocycles. The van der Waals surface area contributed by atoms with Crippen LogP contribution in [0.2, 0.25) is 0 Å². The maximum atomic E-state index is 6.05. The summed E-state index contributed by atoms with van der Waals surface area (Å²) in [4.78, 5) is 8.58. The summed E-state index contributed by atoms with van der Waals surface area (Å²) in [6, 6.07) is 8.18. The summed E-state index contributed by atoms with van der Waals surface area (Å²) in [5, 5.41) is 4.42. The first kappa shape index (κ1) is 12.3. The van der Waals surface area contributed by atoms with Gasteiger partial charge in [-0.05, 0) is 25.5 Å². The molecule has 2 aromatic rings. The van der Waals surface area contributed by atoms with Crippen molar-refractivity contribution in [3.05, 3.63) is 30.6 Å². The van der Waals surface area contributed by atoms with E-state index < -0.39 is 0 Å². The number of nitrogens with zero attached hydrogens (tertiary/aromatic N) is 2. The van der Waals surface area contributed by atoms with E-state index in [0.717, 1.165) is 23.1 Å². The van der Waals surface area contributed by atoms with Crippen molar-refractivity contribution in [1.29, 1.82) is 0 Å². The molecule has 1 aliphatic rings. The van der Waals surface area contributed by atoms with Crippen molar-refractivity contribution in [2.75, 3.05) is 11.9 Å². The molecule has 100 valence electrons. The highest BCUT2D eigenvalue weighted by molar-refractivity contribution is 5.88. The van der Waals surface area contributed by atoms with Gasteiger partial charge in [0.1, 0.15) is 12.1 Å². The summed E-state index contributed by atoms with van der Waals surface area (Å²) in [6.07, 6.45) is 2.65. The number of hydrogen-bond donors (Lipinski definition) is 2. The molecule has 3 atom stereocenters. The van der Waals surface area contributed by atoms with Gasteiger partial charge in [0.05, 0.1) is 17.7 Å². The van der Waals surface area contributed by atoms with Crippen LogP contribution in [0.15, 0.2) is 30.6 Å². The highest BCUT2D eigenvalue weighted by atomic mass is 16.5. The van der Waals surface area contributed by atoms with E-state index in [1.165, 1.54) is 0 Å². The van der Waals surface area contributed by atoms with Crippen molar-refractivity contribution in [2.24, 2.45) is 5.73 Å². The minimum atomic E-state index is 0.116. The molecule has 3 rings (SSSR count). The molecule has 0 radical (unpaired) electrons. The number of aromatic nitrogens is 2. The first-order valence-electron chi connectivity index (χ1n) is 6.63. The average Bonchev–Trinajstić information content (AvgIpc) is 2.44. The Kier molecular flexibility index (Phi) is 3.31. The van der Waals surface area contributed by atoms with E-state index in [1.54, 1.807) is 6.33 Å². The Morgan fingerprint density at radius 1 is 1.37 bits per heavy atom. The molecule has 0 amide bonds. The van der Waals surface area contributed by atoms with E-state index in [9.17, 15) is 0 Å². The fraction of sp³-hybridized carbons (Fsp3) is 0.429. The normalized spacial score (nSPS) is 26.1. The summed E-state index contributed by atoms with van der Waals surface area (Å²) in [5.74, 6) is 0.829. The molecular weight excluding hydrogens is 240 g/mol. The molecule has 5 heteroatoms. The first-order valence-corrected chi connectivity index (χ1v) is 6.63. The third kappa shape index (κ3) is 2.27. The number of hydrogen-bond acceptors (Lipinski definition) is 5. The minimum absolute atomic E-state index is 0.116.